The van der Waals surface area contributed by atoms with E-state index in [1.807, 2.05) is 44.2 Å². The number of carbonyl (C=O) groups excluding carboxylic acids is 5. The number of aromatic nitrogens is 2. The number of nitrogens with zero attached hydrogens (tertiary/aromatic N) is 3. The van der Waals surface area contributed by atoms with Gasteiger partial charge in [0, 0.05) is 30.1 Å². The first kappa shape index (κ1) is 38.4. The SMILES string of the molecule is CC(C)C[C@H]1NC(=O)c2coc(n2)[C@H](Cc2ccccc2)NC(=O)[C@@H]2C[C@H](NC(=O)Cc3cc4c(cc3Cl)OCCO4)CN2C(=O)c2coc(n2)[C@@H](C)NC1=O. The van der Waals surface area contributed by atoms with E-state index < -0.39 is 53.8 Å². The van der Waals surface area contributed by atoms with Gasteiger partial charge in [-0.1, -0.05) is 55.8 Å². The zero-order valence-electron chi connectivity index (χ0n) is 31.0. The van der Waals surface area contributed by atoms with Crippen molar-refractivity contribution in [2.75, 3.05) is 19.8 Å². The van der Waals surface area contributed by atoms with Crippen molar-refractivity contribution < 1.29 is 42.3 Å². The molecule has 7 rings (SSSR count). The molecule has 16 nitrogen and oxygen atoms in total. The Hall–Kier alpha value is -5.90. The molecule has 4 bridgehead atoms. The Labute approximate surface area is 327 Å². The molecule has 294 valence electrons. The van der Waals surface area contributed by atoms with Crippen LogP contribution in [0.15, 0.2) is 63.8 Å². The van der Waals surface area contributed by atoms with E-state index >= 15 is 0 Å². The number of rotatable bonds is 7. The molecule has 0 radical (unpaired) electrons. The van der Waals surface area contributed by atoms with Gasteiger partial charge in [-0.25, -0.2) is 9.97 Å². The fourth-order valence-electron chi connectivity index (χ4n) is 7.02. The molecule has 56 heavy (non-hydrogen) atoms. The molecule has 5 heterocycles. The van der Waals surface area contributed by atoms with E-state index in [1.165, 1.54) is 17.4 Å². The number of halogens is 1. The van der Waals surface area contributed by atoms with Gasteiger partial charge in [0.15, 0.2) is 22.9 Å². The van der Waals surface area contributed by atoms with Crippen LogP contribution in [-0.4, -0.2) is 82.3 Å². The first-order valence-electron chi connectivity index (χ1n) is 18.5. The quantitative estimate of drug-likeness (QED) is 0.213. The van der Waals surface area contributed by atoms with Gasteiger partial charge in [0.1, 0.15) is 49.9 Å². The van der Waals surface area contributed by atoms with Crippen LogP contribution in [0.25, 0.3) is 0 Å². The lowest BCUT2D eigenvalue weighted by molar-refractivity contribution is -0.126. The molecule has 0 unspecified atom stereocenters. The summed E-state index contributed by atoms with van der Waals surface area (Å²) in [7, 11) is 0. The molecule has 4 N–H and O–H groups in total. The van der Waals surface area contributed by atoms with Gasteiger partial charge in [-0.05, 0) is 42.9 Å². The van der Waals surface area contributed by atoms with Crippen molar-refractivity contribution in [3.63, 3.8) is 0 Å². The first-order valence-corrected chi connectivity index (χ1v) is 18.8. The fourth-order valence-corrected chi connectivity index (χ4v) is 7.24. The zero-order chi connectivity index (χ0) is 39.5. The second-order valence-corrected chi connectivity index (χ2v) is 14.9. The summed E-state index contributed by atoms with van der Waals surface area (Å²) in [6.45, 7) is 6.20. The van der Waals surface area contributed by atoms with E-state index in [1.54, 1.807) is 19.1 Å². The maximum absolute atomic E-state index is 14.3. The Bertz CT molecular complexity index is 2120. The molecule has 4 aromatic rings. The van der Waals surface area contributed by atoms with Crippen molar-refractivity contribution in [1.29, 1.82) is 0 Å². The van der Waals surface area contributed by atoms with Gasteiger partial charge in [-0.3, -0.25) is 24.0 Å². The highest BCUT2D eigenvalue weighted by Crippen LogP contribution is 2.36. The van der Waals surface area contributed by atoms with Crippen LogP contribution in [0.4, 0.5) is 0 Å². The highest BCUT2D eigenvalue weighted by atomic mass is 35.5. The lowest BCUT2D eigenvalue weighted by Gasteiger charge is -2.25. The average molecular weight is 788 g/mol. The number of nitrogens with one attached hydrogen (secondary N) is 4. The Kier molecular flexibility index (Phi) is 11.3. The molecule has 0 saturated carbocycles. The lowest BCUT2D eigenvalue weighted by Crippen LogP contribution is -2.48. The fraction of sp³-hybridized carbons (Fsp3) is 0.410. The van der Waals surface area contributed by atoms with Crippen molar-refractivity contribution in [2.24, 2.45) is 5.92 Å². The number of carbonyl (C=O) groups is 5. The molecule has 2 aromatic heterocycles. The molecule has 5 atom stereocenters. The maximum Gasteiger partial charge on any atom is 0.276 e. The molecule has 5 amide bonds. The van der Waals surface area contributed by atoms with Crippen molar-refractivity contribution >= 4 is 41.1 Å². The van der Waals surface area contributed by atoms with Crippen LogP contribution >= 0.6 is 11.6 Å². The third-order valence-corrected chi connectivity index (χ3v) is 10.1. The van der Waals surface area contributed by atoms with Crippen LogP contribution in [-0.2, 0) is 27.2 Å². The van der Waals surface area contributed by atoms with Crippen LogP contribution < -0.4 is 30.7 Å². The van der Waals surface area contributed by atoms with E-state index in [9.17, 15) is 24.0 Å². The van der Waals surface area contributed by atoms with Crippen LogP contribution in [0.1, 0.15) is 89.6 Å². The molecule has 3 aliphatic heterocycles. The number of oxazole rings is 2. The minimum absolute atomic E-state index is 0.0322. The Morgan fingerprint density at radius 2 is 1.61 bits per heavy atom. The highest BCUT2D eigenvalue weighted by Gasteiger charge is 2.43. The number of amides is 5. The maximum atomic E-state index is 14.3. The first-order chi connectivity index (χ1) is 26.9. The monoisotopic (exact) mass is 787 g/mol. The van der Waals surface area contributed by atoms with Crippen LogP contribution in [0, 0.1) is 5.92 Å². The Morgan fingerprint density at radius 3 is 2.36 bits per heavy atom. The Morgan fingerprint density at radius 1 is 0.911 bits per heavy atom. The standard InChI is InChI=1S/C39H42ClN7O9/c1-20(2)11-26-34(49)41-21(3)37-46-29(19-55-37)39(52)47-17-24(42-33(48)14-23-13-31-32(16-25(23)40)54-10-9-53-31)15-30(47)36(51)44-27(12-22-7-5-4-6-8-22)38-45-28(18-56-38)35(50)43-26/h4-8,13,16,18-21,24,26-27,30H,9-12,14-15,17H2,1-3H3,(H,41,49)(H,42,48)(H,43,50)(H,44,51)/t21-,24+,26-,27+,30+/m1/s1. The minimum Gasteiger partial charge on any atom is -0.486 e. The zero-order valence-corrected chi connectivity index (χ0v) is 31.8. The van der Waals surface area contributed by atoms with Gasteiger partial charge in [0.2, 0.25) is 29.5 Å². The number of hydrogen-bond donors (Lipinski definition) is 4. The van der Waals surface area contributed by atoms with Crippen molar-refractivity contribution in [3.05, 3.63) is 94.3 Å². The van der Waals surface area contributed by atoms with E-state index in [0.29, 0.717) is 41.7 Å². The van der Waals surface area contributed by atoms with E-state index in [0.717, 1.165) is 5.56 Å². The smallest absolute Gasteiger partial charge is 0.276 e. The van der Waals surface area contributed by atoms with Gasteiger partial charge in [-0.15, -0.1) is 0 Å². The van der Waals surface area contributed by atoms with Gasteiger partial charge >= 0.3 is 0 Å². The van der Waals surface area contributed by atoms with Gasteiger partial charge in [0.05, 0.1) is 6.42 Å². The molecule has 1 fully saturated rings. The highest BCUT2D eigenvalue weighted by molar-refractivity contribution is 6.31. The van der Waals surface area contributed by atoms with Gasteiger partial charge in [-0.2, -0.15) is 0 Å². The second kappa shape index (κ2) is 16.5. The summed E-state index contributed by atoms with van der Waals surface area (Å²) in [5.74, 6) is -1.56. The molecule has 1 saturated heterocycles. The van der Waals surface area contributed by atoms with Crippen molar-refractivity contribution in [3.8, 4) is 11.5 Å². The predicted molar refractivity (Wildman–Crippen MR) is 199 cm³/mol. The molecular formula is C39H42ClN7O9. The largest absolute Gasteiger partial charge is 0.486 e. The number of ether oxygens (including phenoxy) is 2. The number of benzene rings is 2. The molecule has 2 aromatic carbocycles. The van der Waals surface area contributed by atoms with Gasteiger partial charge in [0.25, 0.3) is 11.8 Å². The summed E-state index contributed by atoms with van der Waals surface area (Å²) < 4.78 is 22.7. The minimum atomic E-state index is -1.07. The normalized spacial score (nSPS) is 22.7. The summed E-state index contributed by atoms with van der Waals surface area (Å²) in [6.07, 6.45) is 2.85. The molecule has 0 aliphatic carbocycles. The lowest BCUT2D eigenvalue weighted by atomic mass is 10.0. The number of fused-ring (bicyclic) bond motifs is 6. The van der Waals surface area contributed by atoms with Crippen molar-refractivity contribution in [1.82, 2.24) is 36.1 Å². The molecule has 17 heteroatoms. The Balaban J connectivity index is 1.19. The summed E-state index contributed by atoms with van der Waals surface area (Å²) >= 11 is 6.48. The average Bonchev–Trinajstić information content (AvgIpc) is 3.95. The van der Waals surface area contributed by atoms with Crippen molar-refractivity contribution in [2.45, 2.75) is 76.7 Å². The topological polar surface area (TPSA) is 207 Å². The molecular weight excluding hydrogens is 746 g/mol. The summed E-state index contributed by atoms with van der Waals surface area (Å²) in [5, 5.41) is 11.8. The summed E-state index contributed by atoms with van der Waals surface area (Å²) in [4.78, 5) is 79.0. The van der Waals surface area contributed by atoms with Crippen LogP contribution in [0.2, 0.25) is 5.02 Å². The van der Waals surface area contributed by atoms with E-state index in [-0.39, 0.29) is 60.8 Å². The third-order valence-electron chi connectivity index (χ3n) is 9.74. The molecule has 0 spiro atoms. The third kappa shape index (κ3) is 8.64. The summed E-state index contributed by atoms with van der Waals surface area (Å²) in [6, 6.07) is 8.26. The van der Waals surface area contributed by atoms with E-state index in [2.05, 4.69) is 31.2 Å². The predicted octanol–water partition coefficient (Wildman–Crippen LogP) is 3.46. The second-order valence-electron chi connectivity index (χ2n) is 14.5. The molecule has 3 aliphatic rings. The van der Waals surface area contributed by atoms with Crippen LogP contribution in [0.5, 0.6) is 11.5 Å². The van der Waals surface area contributed by atoms with Crippen LogP contribution in [0.3, 0.4) is 0 Å². The summed E-state index contributed by atoms with van der Waals surface area (Å²) in [5.41, 5.74) is 1.18. The number of hydrogen-bond acceptors (Lipinski definition) is 11. The van der Waals surface area contributed by atoms with Gasteiger partial charge < -0.3 is 44.5 Å². The van der Waals surface area contributed by atoms with E-state index in [4.69, 9.17) is 29.9 Å².